The van der Waals surface area contributed by atoms with E-state index < -0.39 is 0 Å². The summed E-state index contributed by atoms with van der Waals surface area (Å²) in [5.74, 6) is 1.17. The molecule has 82 valence electrons. The first-order valence-electron chi connectivity index (χ1n) is 6.17. The van der Waals surface area contributed by atoms with Crippen molar-refractivity contribution in [3.8, 4) is 0 Å². The maximum absolute atomic E-state index is 11.3. The van der Waals surface area contributed by atoms with Crippen molar-refractivity contribution in [2.24, 2.45) is 11.8 Å². The van der Waals surface area contributed by atoms with E-state index in [4.69, 9.17) is 4.74 Å². The predicted octanol–water partition coefficient (Wildman–Crippen LogP) is 2.83. The van der Waals surface area contributed by atoms with E-state index in [1.165, 1.54) is 44.1 Å². The van der Waals surface area contributed by atoms with Crippen molar-refractivity contribution in [3.63, 3.8) is 0 Å². The Bertz CT molecular complexity index is 315. The zero-order valence-corrected chi connectivity index (χ0v) is 9.29. The molecular weight excluding hydrogens is 188 g/mol. The van der Waals surface area contributed by atoms with Crippen LogP contribution in [0.15, 0.2) is 11.6 Å². The third kappa shape index (κ3) is 1.20. The lowest BCUT2D eigenvalue weighted by Crippen LogP contribution is -2.17. The lowest BCUT2D eigenvalue weighted by atomic mass is 10.0. The van der Waals surface area contributed by atoms with Crippen molar-refractivity contribution in [3.05, 3.63) is 11.6 Å². The van der Waals surface area contributed by atoms with Gasteiger partial charge in [0, 0.05) is 17.9 Å². The van der Waals surface area contributed by atoms with Gasteiger partial charge in [0.15, 0.2) is 0 Å². The number of fused-ring (bicyclic) bond motifs is 3. The molecule has 0 aromatic rings. The fourth-order valence-electron chi connectivity index (χ4n) is 3.72. The minimum atomic E-state index is -0.137. The van der Waals surface area contributed by atoms with Crippen LogP contribution in [0.1, 0.15) is 45.4 Å². The van der Waals surface area contributed by atoms with Crippen molar-refractivity contribution in [2.45, 2.75) is 51.0 Å². The van der Waals surface area contributed by atoms with Crippen LogP contribution in [0.25, 0.3) is 0 Å². The standard InChI is InChI=1S/C13H18O2/c1-9-8-12(14)15-13(9)10-6-4-2-3-5-7-11(10)13/h8,10-11H,2-7H2,1H3/t10-,11+,13?. The molecule has 2 heteroatoms. The predicted molar refractivity (Wildman–Crippen MR) is 57.3 cm³/mol. The van der Waals surface area contributed by atoms with Crippen LogP contribution in [0.4, 0.5) is 0 Å². The van der Waals surface area contributed by atoms with Gasteiger partial charge in [-0.15, -0.1) is 0 Å². The zero-order valence-electron chi connectivity index (χ0n) is 9.29. The van der Waals surface area contributed by atoms with Gasteiger partial charge in [0.05, 0.1) is 0 Å². The normalized spacial score (nSPS) is 44.1. The zero-order chi connectivity index (χ0) is 10.5. The van der Waals surface area contributed by atoms with Gasteiger partial charge in [-0.25, -0.2) is 4.79 Å². The smallest absolute Gasteiger partial charge is 0.331 e. The Balaban J connectivity index is 1.84. The van der Waals surface area contributed by atoms with Crippen LogP contribution in [0.3, 0.4) is 0 Å². The highest BCUT2D eigenvalue weighted by atomic mass is 16.6. The highest BCUT2D eigenvalue weighted by Gasteiger charge is 2.69. The summed E-state index contributed by atoms with van der Waals surface area (Å²) in [4.78, 5) is 11.3. The van der Waals surface area contributed by atoms with E-state index in [2.05, 4.69) is 6.92 Å². The van der Waals surface area contributed by atoms with Crippen molar-refractivity contribution in [2.75, 3.05) is 0 Å². The molecule has 0 amide bonds. The number of rotatable bonds is 0. The SMILES string of the molecule is CC1=CC(=O)OC12[C@@H]1CCCCCC[C@@H]12. The molecule has 2 aliphatic carbocycles. The molecule has 0 aromatic heterocycles. The molecule has 1 aliphatic heterocycles. The second-order valence-corrected chi connectivity index (χ2v) is 5.25. The van der Waals surface area contributed by atoms with Crippen molar-refractivity contribution in [1.29, 1.82) is 0 Å². The summed E-state index contributed by atoms with van der Waals surface area (Å²) >= 11 is 0. The van der Waals surface area contributed by atoms with Gasteiger partial charge in [0.25, 0.3) is 0 Å². The molecule has 2 saturated carbocycles. The Morgan fingerprint density at radius 3 is 2.27 bits per heavy atom. The number of carbonyl (C=O) groups is 1. The van der Waals surface area contributed by atoms with Gasteiger partial charge in [-0.3, -0.25) is 0 Å². The van der Waals surface area contributed by atoms with Gasteiger partial charge in [-0.05, 0) is 25.3 Å². The lowest BCUT2D eigenvalue weighted by molar-refractivity contribution is -0.141. The molecule has 15 heavy (non-hydrogen) atoms. The first-order chi connectivity index (χ1) is 7.25. The largest absolute Gasteiger partial charge is 0.451 e. The van der Waals surface area contributed by atoms with Crippen LogP contribution >= 0.6 is 0 Å². The van der Waals surface area contributed by atoms with E-state index in [1.807, 2.05) is 0 Å². The van der Waals surface area contributed by atoms with Gasteiger partial charge in [-0.2, -0.15) is 0 Å². The molecule has 2 fully saturated rings. The summed E-state index contributed by atoms with van der Waals surface area (Å²) < 4.78 is 5.60. The van der Waals surface area contributed by atoms with Crippen LogP contribution in [-0.2, 0) is 9.53 Å². The molecular formula is C13H18O2. The van der Waals surface area contributed by atoms with Gasteiger partial charge < -0.3 is 4.74 Å². The molecule has 2 nitrogen and oxygen atoms in total. The second kappa shape index (κ2) is 3.10. The van der Waals surface area contributed by atoms with E-state index in [1.54, 1.807) is 6.08 Å². The molecule has 0 aromatic carbocycles. The van der Waals surface area contributed by atoms with Crippen LogP contribution in [0.5, 0.6) is 0 Å². The molecule has 1 heterocycles. The Morgan fingerprint density at radius 2 is 1.80 bits per heavy atom. The minimum absolute atomic E-state index is 0.112. The fraction of sp³-hybridized carbons (Fsp3) is 0.769. The first kappa shape index (κ1) is 9.44. The fourth-order valence-corrected chi connectivity index (χ4v) is 3.72. The maximum Gasteiger partial charge on any atom is 0.331 e. The van der Waals surface area contributed by atoms with Gasteiger partial charge in [0.2, 0.25) is 0 Å². The van der Waals surface area contributed by atoms with Crippen molar-refractivity contribution in [1.82, 2.24) is 0 Å². The van der Waals surface area contributed by atoms with Crippen molar-refractivity contribution >= 4 is 5.97 Å². The minimum Gasteiger partial charge on any atom is -0.451 e. The number of carbonyl (C=O) groups excluding carboxylic acids is 1. The van der Waals surface area contributed by atoms with E-state index in [0.29, 0.717) is 11.8 Å². The molecule has 0 radical (unpaired) electrons. The Morgan fingerprint density at radius 1 is 1.20 bits per heavy atom. The van der Waals surface area contributed by atoms with E-state index in [9.17, 15) is 4.79 Å². The molecule has 3 atom stereocenters. The first-order valence-corrected chi connectivity index (χ1v) is 6.17. The van der Waals surface area contributed by atoms with Crippen LogP contribution in [0.2, 0.25) is 0 Å². The maximum atomic E-state index is 11.3. The van der Waals surface area contributed by atoms with Gasteiger partial charge >= 0.3 is 5.97 Å². The monoisotopic (exact) mass is 206 g/mol. The van der Waals surface area contributed by atoms with E-state index in [0.717, 1.165) is 0 Å². The summed E-state index contributed by atoms with van der Waals surface area (Å²) in [5.41, 5.74) is 1.05. The number of esters is 1. The highest BCUT2D eigenvalue weighted by Crippen LogP contribution is 2.64. The van der Waals surface area contributed by atoms with E-state index in [-0.39, 0.29) is 11.6 Å². The Kier molecular flexibility index (Phi) is 1.95. The molecule has 3 rings (SSSR count). The molecule has 1 spiro atoms. The summed E-state index contributed by atoms with van der Waals surface area (Å²) in [5, 5.41) is 0. The molecule has 3 aliphatic rings. The highest BCUT2D eigenvalue weighted by molar-refractivity contribution is 5.87. The average molecular weight is 206 g/mol. The van der Waals surface area contributed by atoms with Crippen LogP contribution < -0.4 is 0 Å². The number of hydrogen-bond donors (Lipinski definition) is 0. The third-order valence-electron chi connectivity index (χ3n) is 4.48. The van der Waals surface area contributed by atoms with Crippen molar-refractivity contribution < 1.29 is 9.53 Å². The average Bonchev–Trinajstić information content (AvgIpc) is 2.58. The molecule has 1 unspecified atom stereocenters. The summed E-state index contributed by atoms with van der Waals surface area (Å²) in [6.07, 6.45) is 9.55. The van der Waals surface area contributed by atoms with Gasteiger partial charge in [-0.1, -0.05) is 25.7 Å². The van der Waals surface area contributed by atoms with E-state index >= 15 is 0 Å². The molecule has 0 bridgehead atoms. The van der Waals surface area contributed by atoms with Crippen LogP contribution in [0, 0.1) is 11.8 Å². The number of hydrogen-bond acceptors (Lipinski definition) is 2. The van der Waals surface area contributed by atoms with Crippen LogP contribution in [-0.4, -0.2) is 11.6 Å². The van der Waals surface area contributed by atoms with Gasteiger partial charge in [0.1, 0.15) is 5.60 Å². The second-order valence-electron chi connectivity index (χ2n) is 5.25. The summed E-state index contributed by atoms with van der Waals surface area (Å²) in [6, 6.07) is 0. The Hall–Kier alpha value is -0.790. The topological polar surface area (TPSA) is 26.3 Å². The summed E-state index contributed by atoms with van der Waals surface area (Å²) in [7, 11) is 0. The third-order valence-corrected chi connectivity index (χ3v) is 4.48. The lowest BCUT2D eigenvalue weighted by Gasteiger charge is -2.12. The number of ether oxygens (including phenoxy) is 1. The molecule has 0 N–H and O–H groups in total. The summed E-state index contributed by atoms with van der Waals surface area (Å²) in [6.45, 7) is 2.07. The molecule has 0 saturated heterocycles. The Labute approximate surface area is 90.7 Å². The quantitative estimate of drug-likeness (QED) is 0.570.